The third kappa shape index (κ3) is 4.67. The lowest BCUT2D eigenvalue weighted by atomic mass is 10.1. The Morgan fingerprint density at radius 3 is 2.40 bits per heavy atom. The second-order valence-electron chi connectivity index (χ2n) is 3.13. The molecule has 15 heavy (non-hydrogen) atoms. The lowest BCUT2D eigenvalue weighted by Crippen LogP contribution is -2.14. The van der Waals surface area contributed by atoms with Crippen molar-refractivity contribution in [2.24, 2.45) is 0 Å². The molecule has 0 radical (unpaired) electrons. The first kappa shape index (κ1) is 12.5. The standard InChI is InChI=1S/C11H13Cl2NO/c12-5-11(13)7-14-6-9-1-3-10(8-15)4-2-9/h1-5,14-15H,6-8H2/b11-5-. The van der Waals surface area contributed by atoms with E-state index in [1.54, 1.807) is 0 Å². The summed E-state index contributed by atoms with van der Waals surface area (Å²) in [6, 6.07) is 7.74. The third-order valence-corrected chi connectivity index (χ3v) is 2.56. The first-order valence-corrected chi connectivity index (χ1v) is 5.42. The van der Waals surface area contributed by atoms with Crippen LogP contribution in [0.15, 0.2) is 34.8 Å². The van der Waals surface area contributed by atoms with Gasteiger partial charge in [0.2, 0.25) is 0 Å². The highest BCUT2D eigenvalue weighted by Gasteiger charge is 1.95. The molecule has 4 heteroatoms. The van der Waals surface area contributed by atoms with Crippen LogP contribution in [0.25, 0.3) is 0 Å². The molecule has 1 rings (SSSR count). The molecule has 0 aliphatic heterocycles. The van der Waals surface area contributed by atoms with E-state index in [0.29, 0.717) is 11.6 Å². The number of benzene rings is 1. The number of halogens is 2. The highest BCUT2D eigenvalue weighted by atomic mass is 35.5. The van der Waals surface area contributed by atoms with E-state index in [4.69, 9.17) is 28.3 Å². The zero-order chi connectivity index (χ0) is 11.1. The first-order valence-electron chi connectivity index (χ1n) is 4.60. The van der Waals surface area contributed by atoms with Crippen molar-refractivity contribution in [3.05, 3.63) is 46.0 Å². The molecule has 0 bridgehead atoms. The predicted octanol–water partition coefficient (Wildman–Crippen LogP) is 2.59. The second-order valence-corrected chi connectivity index (χ2v) is 3.84. The highest BCUT2D eigenvalue weighted by Crippen LogP contribution is 2.05. The quantitative estimate of drug-likeness (QED) is 0.836. The number of aliphatic hydroxyl groups is 1. The van der Waals surface area contributed by atoms with Crippen molar-refractivity contribution >= 4 is 23.2 Å². The van der Waals surface area contributed by atoms with E-state index in [2.05, 4.69) is 5.32 Å². The van der Waals surface area contributed by atoms with Gasteiger partial charge < -0.3 is 10.4 Å². The van der Waals surface area contributed by atoms with Crippen molar-refractivity contribution in [2.75, 3.05) is 6.54 Å². The zero-order valence-corrected chi connectivity index (χ0v) is 9.72. The maximum absolute atomic E-state index is 8.85. The summed E-state index contributed by atoms with van der Waals surface area (Å²) in [5, 5.41) is 12.6. The Labute approximate surface area is 99.5 Å². The molecule has 2 N–H and O–H groups in total. The van der Waals surface area contributed by atoms with Crippen molar-refractivity contribution < 1.29 is 5.11 Å². The van der Waals surface area contributed by atoms with Crippen LogP contribution in [0.1, 0.15) is 11.1 Å². The smallest absolute Gasteiger partial charge is 0.0681 e. The molecule has 1 aromatic carbocycles. The summed E-state index contributed by atoms with van der Waals surface area (Å²) >= 11 is 11.1. The second kappa shape index (κ2) is 6.85. The number of hydrogen-bond donors (Lipinski definition) is 2. The number of nitrogens with one attached hydrogen (secondary N) is 1. The van der Waals surface area contributed by atoms with Gasteiger partial charge in [-0.15, -0.1) is 0 Å². The van der Waals surface area contributed by atoms with Gasteiger partial charge in [0.05, 0.1) is 6.61 Å². The van der Waals surface area contributed by atoms with Gasteiger partial charge in [0, 0.05) is 23.7 Å². The highest BCUT2D eigenvalue weighted by molar-refractivity contribution is 6.36. The van der Waals surface area contributed by atoms with Gasteiger partial charge >= 0.3 is 0 Å². The molecule has 0 unspecified atom stereocenters. The molecule has 0 aliphatic rings. The van der Waals surface area contributed by atoms with Crippen molar-refractivity contribution in [3.8, 4) is 0 Å². The summed E-state index contributed by atoms with van der Waals surface area (Å²) in [5.41, 5.74) is 3.41. The summed E-state index contributed by atoms with van der Waals surface area (Å²) in [6.45, 7) is 1.37. The van der Waals surface area contributed by atoms with Gasteiger partial charge in [-0.05, 0) is 11.1 Å². The summed E-state index contributed by atoms with van der Waals surface area (Å²) in [4.78, 5) is 0. The van der Waals surface area contributed by atoms with Gasteiger partial charge in [-0.2, -0.15) is 0 Å². The fourth-order valence-electron chi connectivity index (χ4n) is 1.13. The average molecular weight is 246 g/mol. The largest absolute Gasteiger partial charge is 0.392 e. The topological polar surface area (TPSA) is 32.3 Å². The third-order valence-electron chi connectivity index (χ3n) is 1.95. The van der Waals surface area contributed by atoms with Gasteiger partial charge in [0.15, 0.2) is 0 Å². The zero-order valence-electron chi connectivity index (χ0n) is 8.21. The van der Waals surface area contributed by atoms with Crippen LogP contribution in [0, 0.1) is 0 Å². The predicted molar refractivity (Wildman–Crippen MR) is 63.9 cm³/mol. The summed E-state index contributed by atoms with van der Waals surface area (Å²) in [5.74, 6) is 0. The molecule has 0 amide bonds. The van der Waals surface area contributed by atoms with Gasteiger partial charge in [-0.1, -0.05) is 47.5 Å². The molecule has 2 nitrogen and oxygen atoms in total. The van der Waals surface area contributed by atoms with Crippen LogP contribution >= 0.6 is 23.2 Å². The normalized spacial score (nSPS) is 11.8. The number of hydrogen-bond acceptors (Lipinski definition) is 2. The SMILES string of the molecule is OCc1ccc(CNC/C(Cl)=C/Cl)cc1. The van der Waals surface area contributed by atoms with Gasteiger partial charge in [0.25, 0.3) is 0 Å². The molecule has 0 saturated heterocycles. The Kier molecular flexibility index (Phi) is 5.73. The fourth-order valence-corrected chi connectivity index (χ4v) is 1.30. The number of aliphatic hydroxyl groups excluding tert-OH is 1. The van der Waals surface area contributed by atoms with Crippen molar-refractivity contribution in [1.29, 1.82) is 0 Å². The molecule has 1 aromatic rings. The Morgan fingerprint density at radius 1 is 1.27 bits per heavy atom. The lowest BCUT2D eigenvalue weighted by molar-refractivity contribution is 0.282. The first-order chi connectivity index (χ1) is 7.26. The van der Waals surface area contributed by atoms with Crippen molar-refractivity contribution in [3.63, 3.8) is 0 Å². The van der Waals surface area contributed by atoms with Crippen molar-refractivity contribution in [2.45, 2.75) is 13.2 Å². The fraction of sp³-hybridized carbons (Fsp3) is 0.273. The molecule has 0 spiro atoms. The van der Waals surface area contributed by atoms with Gasteiger partial charge in [-0.25, -0.2) is 0 Å². The van der Waals surface area contributed by atoms with E-state index in [9.17, 15) is 0 Å². The van der Waals surface area contributed by atoms with E-state index >= 15 is 0 Å². The van der Waals surface area contributed by atoms with Crippen LogP contribution in [0.3, 0.4) is 0 Å². The minimum atomic E-state index is 0.0779. The molecule has 0 saturated carbocycles. The Balaban J connectivity index is 2.38. The van der Waals surface area contributed by atoms with Crippen LogP contribution in [0.4, 0.5) is 0 Å². The van der Waals surface area contributed by atoms with Gasteiger partial charge in [0.1, 0.15) is 0 Å². The average Bonchev–Trinajstić information content (AvgIpc) is 2.29. The van der Waals surface area contributed by atoms with Crippen molar-refractivity contribution in [1.82, 2.24) is 5.32 Å². The monoisotopic (exact) mass is 245 g/mol. The molecule has 82 valence electrons. The van der Waals surface area contributed by atoms with Crippen LogP contribution in [0.2, 0.25) is 0 Å². The van der Waals surface area contributed by atoms with Gasteiger partial charge in [-0.3, -0.25) is 0 Å². The van der Waals surface area contributed by atoms with Crippen LogP contribution in [-0.2, 0) is 13.2 Å². The molecule has 0 aliphatic carbocycles. The lowest BCUT2D eigenvalue weighted by Gasteiger charge is -2.04. The Morgan fingerprint density at radius 2 is 1.87 bits per heavy atom. The van der Waals surface area contributed by atoms with Crippen LogP contribution in [0.5, 0.6) is 0 Å². The Hall–Kier alpha value is -0.540. The minimum absolute atomic E-state index is 0.0779. The molecule has 0 aromatic heterocycles. The van der Waals surface area contributed by atoms with Crippen LogP contribution in [-0.4, -0.2) is 11.7 Å². The summed E-state index contributed by atoms with van der Waals surface area (Å²) in [7, 11) is 0. The van der Waals surface area contributed by atoms with E-state index in [1.807, 2.05) is 24.3 Å². The Bertz CT molecular complexity index is 322. The molecular weight excluding hydrogens is 233 g/mol. The molecule has 0 fully saturated rings. The maximum atomic E-state index is 8.85. The molecule has 0 heterocycles. The minimum Gasteiger partial charge on any atom is -0.392 e. The van der Waals surface area contributed by atoms with Crippen LogP contribution < -0.4 is 5.32 Å². The molecule has 0 atom stereocenters. The van der Waals surface area contributed by atoms with E-state index in [-0.39, 0.29) is 6.61 Å². The summed E-state index contributed by atoms with van der Waals surface area (Å²) < 4.78 is 0. The number of rotatable bonds is 5. The summed E-state index contributed by atoms with van der Waals surface area (Å²) in [6.07, 6.45) is 0. The molecular formula is C11H13Cl2NO. The van der Waals surface area contributed by atoms with E-state index in [1.165, 1.54) is 5.54 Å². The maximum Gasteiger partial charge on any atom is 0.0681 e. The van der Waals surface area contributed by atoms with E-state index in [0.717, 1.165) is 17.7 Å². The van der Waals surface area contributed by atoms with E-state index < -0.39 is 0 Å².